The van der Waals surface area contributed by atoms with Crippen LogP contribution in [-0.4, -0.2) is 40.0 Å². The number of rotatable bonds is 8. The van der Waals surface area contributed by atoms with Crippen LogP contribution in [0.5, 0.6) is 11.5 Å². The molecular formula is C20H28N2O3. The average Bonchev–Trinajstić information content (AvgIpc) is 2.65. The molecule has 2 aromatic rings. The van der Waals surface area contributed by atoms with Gasteiger partial charge in [-0.1, -0.05) is 18.2 Å². The van der Waals surface area contributed by atoms with Crippen molar-refractivity contribution >= 4 is 5.69 Å². The lowest BCUT2D eigenvalue weighted by molar-refractivity contribution is 0.170. The molecule has 2 unspecified atom stereocenters. The second-order valence-corrected chi connectivity index (χ2v) is 6.24. The van der Waals surface area contributed by atoms with Crippen LogP contribution in [0.4, 0.5) is 5.69 Å². The van der Waals surface area contributed by atoms with Crippen molar-refractivity contribution in [2.45, 2.75) is 19.1 Å². The highest BCUT2D eigenvalue weighted by Gasteiger charge is 2.15. The van der Waals surface area contributed by atoms with Gasteiger partial charge in [0.1, 0.15) is 11.5 Å². The topological polar surface area (TPSA) is 54.0 Å². The molecule has 136 valence electrons. The van der Waals surface area contributed by atoms with E-state index in [-0.39, 0.29) is 6.04 Å². The Morgan fingerprint density at radius 1 is 1.04 bits per heavy atom. The van der Waals surface area contributed by atoms with Gasteiger partial charge in [0.2, 0.25) is 0 Å². The zero-order chi connectivity index (χ0) is 18.4. The number of hydrogen-bond acceptors (Lipinski definition) is 5. The molecule has 2 rings (SSSR count). The van der Waals surface area contributed by atoms with E-state index in [0.29, 0.717) is 18.0 Å². The van der Waals surface area contributed by atoms with Gasteiger partial charge in [-0.15, -0.1) is 0 Å². The number of hydrogen-bond donors (Lipinski definition) is 2. The molecule has 0 heterocycles. The van der Waals surface area contributed by atoms with Crippen molar-refractivity contribution in [3.63, 3.8) is 0 Å². The van der Waals surface area contributed by atoms with Gasteiger partial charge in [-0.25, -0.2) is 0 Å². The Balaban J connectivity index is 2.08. The molecule has 0 radical (unpaired) electrons. The van der Waals surface area contributed by atoms with Gasteiger partial charge in [0.05, 0.1) is 20.3 Å². The van der Waals surface area contributed by atoms with Gasteiger partial charge in [-0.2, -0.15) is 0 Å². The van der Waals surface area contributed by atoms with Crippen LogP contribution < -0.4 is 19.7 Å². The fourth-order valence-electron chi connectivity index (χ4n) is 2.80. The zero-order valence-corrected chi connectivity index (χ0v) is 15.6. The van der Waals surface area contributed by atoms with Gasteiger partial charge in [0, 0.05) is 38.4 Å². The molecule has 0 bridgehead atoms. The molecule has 0 saturated heterocycles. The molecule has 0 aliphatic carbocycles. The molecule has 2 N–H and O–H groups in total. The molecule has 0 aliphatic heterocycles. The van der Waals surface area contributed by atoms with Crippen molar-refractivity contribution in [3.8, 4) is 11.5 Å². The Morgan fingerprint density at radius 3 is 2.20 bits per heavy atom. The van der Waals surface area contributed by atoms with Crippen LogP contribution in [0.25, 0.3) is 0 Å². The molecule has 0 aliphatic rings. The van der Waals surface area contributed by atoms with Crippen LogP contribution in [0.15, 0.2) is 42.5 Å². The number of ether oxygens (including phenoxy) is 2. The largest absolute Gasteiger partial charge is 0.497 e. The second kappa shape index (κ2) is 8.74. The highest BCUT2D eigenvalue weighted by atomic mass is 16.5. The predicted molar refractivity (Wildman–Crippen MR) is 102 cm³/mol. The van der Waals surface area contributed by atoms with E-state index in [1.807, 2.05) is 38.4 Å². The average molecular weight is 344 g/mol. The minimum Gasteiger partial charge on any atom is -0.497 e. The van der Waals surface area contributed by atoms with Gasteiger partial charge < -0.3 is 24.8 Å². The summed E-state index contributed by atoms with van der Waals surface area (Å²) >= 11 is 0. The molecule has 5 heteroatoms. The molecule has 25 heavy (non-hydrogen) atoms. The highest BCUT2D eigenvalue weighted by molar-refractivity contribution is 5.53. The summed E-state index contributed by atoms with van der Waals surface area (Å²) < 4.78 is 10.5. The molecular weight excluding hydrogens is 316 g/mol. The SMILES string of the molecule is COc1cc(OC)cc(C(O)CNC(C)c2ccccc2N(C)C)c1. The maximum Gasteiger partial charge on any atom is 0.122 e. The number of para-hydroxylation sites is 1. The third-order valence-electron chi connectivity index (χ3n) is 4.26. The summed E-state index contributed by atoms with van der Waals surface area (Å²) in [4.78, 5) is 2.09. The van der Waals surface area contributed by atoms with Crippen molar-refractivity contribution < 1.29 is 14.6 Å². The minimum absolute atomic E-state index is 0.112. The van der Waals surface area contributed by atoms with Gasteiger partial charge in [0.25, 0.3) is 0 Å². The summed E-state index contributed by atoms with van der Waals surface area (Å²) in [7, 11) is 7.26. The van der Waals surface area contributed by atoms with E-state index < -0.39 is 6.10 Å². The van der Waals surface area contributed by atoms with Crippen LogP contribution >= 0.6 is 0 Å². The van der Waals surface area contributed by atoms with E-state index in [1.54, 1.807) is 20.3 Å². The summed E-state index contributed by atoms with van der Waals surface area (Å²) in [6.45, 7) is 2.53. The lowest BCUT2D eigenvalue weighted by Gasteiger charge is -2.23. The maximum absolute atomic E-state index is 10.6. The number of nitrogens with zero attached hydrogens (tertiary/aromatic N) is 1. The fourth-order valence-corrected chi connectivity index (χ4v) is 2.80. The third-order valence-corrected chi connectivity index (χ3v) is 4.26. The van der Waals surface area contributed by atoms with E-state index in [9.17, 15) is 5.11 Å². The Hall–Kier alpha value is -2.24. The van der Waals surface area contributed by atoms with Crippen LogP contribution in [-0.2, 0) is 0 Å². The molecule has 0 fully saturated rings. The van der Waals surface area contributed by atoms with Crippen molar-refractivity contribution in [1.82, 2.24) is 5.32 Å². The standard InChI is InChI=1S/C20H28N2O3/c1-14(18-8-6-7-9-19(18)22(2)3)21-13-20(23)15-10-16(24-4)12-17(11-15)25-5/h6-12,14,20-21,23H,13H2,1-5H3. The van der Waals surface area contributed by atoms with Crippen molar-refractivity contribution in [2.24, 2.45) is 0 Å². The lowest BCUT2D eigenvalue weighted by atomic mass is 10.0. The number of benzene rings is 2. The fraction of sp³-hybridized carbons (Fsp3) is 0.400. The van der Waals surface area contributed by atoms with Crippen molar-refractivity contribution in [1.29, 1.82) is 0 Å². The van der Waals surface area contributed by atoms with Gasteiger partial charge >= 0.3 is 0 Å². The predicted octanol–water partition coefficient (Wildman–Crippen LogP) is 3.15. The summed E-state index contributed by atoms with van der Waals surface area (Å²) in [5.41, 5.74) is 3.12. The van der Waals surface area contributed by atoms with Gasteiger partial charge in [-0.05, 0) is 36.2 Å². The molecule has 2 atom stereocenters. The van der Waals surface area contributed by atoms with Crippen molar-refractivity contribution in [3.05, 3.63) is 53.6 Å². The van der Waals surface area contributed by atoms with Gasteiger partial charge in [-0.3, -0.25) is 0 Å². The van der Waals surface area contributed by atoms with E-state index in [1.165, 1.54) is 11.3 Å². The monoisotopic (exact) mass is 344 g/mol. The summed E-state index contributed by atoms with van der Waals surface area (Å²) in [6, 6.07) is 13.8. The van der Waals surface area contributed by atoms with Crippen LogP contribution in [0.3, 0.4) is 0 Å². The second-order valence-electron chi connectivity index (χ2n) is 6.24. The quantitative estimate of drug-likeness (QED) is 0.770. The van der Waals surface area contributed by atoms with Gasteiger partial charge in [0.15, 0.2) is 0 Å². The van der Waals surface area contributed by atoms with E-state index >= 15 is 0 Å². The van der Waals surface area contributed by atoms with E-state index in [0.717, 1.165) is 5.56 Å². The zero-order valence-electron chi connectivity index (χ0n) is 15.6. The molecule has 5 nitrogen and oxygen atoms in total. The van der Waals surface area contributed by atoms with E-state index in [2.05, 4.69) is 29.3 Å². The molecule has 2 aromatic carbocycles. The first-order chi connectivity index (χ1) is 12.0. The van der Waals surface area contributed by atoms with Crippen LogP contribution in [0.2, 0.25) is 0 Å². The Bertz CT molecular complexity index is 666. The van der Waals surface area contributed by atoms with Crippen LogP contribution in [0.1, 0.15) is 30.2 Å². The number of anilines is 1. The smallest absolute Gasteiger partial charge is 0.122 e. The molecule has 0 spiro atoms. The summed E-state index contributed by atoms with van der Waals surface area (Å²) in [5.74, 6) is 1.33. The number of nitrogens with one attached hydrogen (secondary N) is 1. The van der Waals surface area contributed by atoms with Crippen molar-refractivity contribution in [2.75, 3.05) is 39.8 Å². The number of methoxy groups -OCH3 is 2. The Labute approximate surface area is 150 Å². The highest BCUT2D eigenvalue weighted by Crippen LogP contribution is 2.28. The Kier molecular flexibility index (Phi) is 6.67. The lowest BCUT2D eigenvalue weighted by Crippen LogP contribution is -2.26. The molecule has 0 aromatic heterocycles. The molecule has 0 amide bonds. The first-order valence-corrected chi connectivity index (χ1v) is 8.37. The first-order valence-electron chi connectivity index (χ1n) is 8.37. The minimum atomic E-state index is -0.655. The third kappa shape index (κ3) is 4.87. The normalized spacial score (nSPS) is 13.2. The molecule has 0 saturated carbocycles. The maximum atomic E-state index is 10.6. The van der Waals surface area contributed by atoms with E-state index in [4.69, 9.17) is 9.47 Å². The summed E-state index contributed by atoms with van der Waals surface area (Å²) in [6.07, 6.45) is -0.655. The Morgan fingerprint density at radius 2 is 1.64 bits per heavy atom. The number of aliphatic hydroxyl groups excluding tert-OH is 1. The summed E-state index contributed by atoms with van der Waals surface area (Å²) in [5, 5.41) is 14.0. The van der Waals surface area contributed by atoms with Crippen LogP contribution in [0, 0.1) is 0 Å². The first kappa shape index (κ1) is 19.1. The number of aliphatic hydroxyl groups is 1.